The lowest BCUT2D eigenvalue weighted by atomic mass is 9.87. The van der Waals surface area contributed by atoms with Crippen LogP contribution < -0.4 is 14.8 Å². The first-order valence-electron chi connectivity index (χ1n) is 9.90. The fraction of sp³-hybridized carbons (Fsp3) is 0.409. The molecule has 6 nitrogen and oxygen atoms in total. The summed E-state index contributed by atoms with van der Waals surface area (Å²) in [6.45, 7) is 5.07. The first-order chi connectivity index (χ1) is 14.4. The Morgan fingerprint density at radius 3 is 2.57 bits per heavy atom. The van der Waals surface area contributed by atoms with Gasteiger partial charge in [-0.25, -0.2) is 8.78 Å². The van der Waals surface area contributed by atoms with Gasteiger partial charge in [-0.05, 0) is 50.7 Å². The van der Waals surface area contributed by atoms with Gasteiger partial charge in [-0.1, -0.05) is 12.1 Å². The van der Waals surface area contributed by atoms with Crippen molar-refractivity contribution in [1.82, 2.24) is 4.90 Å². The Morgan fingerprint density at radius 2 is 1.87 bits per heavy atom. The Balaban J connectivity index is 1.90. The summed E-state index contributed by atoms with van der Waals surface area (Å²) in [6, 6.07) is 8.96. The monoisotopic (exact) mass is 420 g/mol. The number of rotatable bonds is 7. The van der Waals surface area contributed by atoms with Crippen molar-refractivity contribution >= 4 is 11.6 Å². The molecule has 8 heteroatoms. The van der Waals surface area contributed by atoms with Crippen LogP contribution in [0.3, 0.4) is 0 Å². The third-order valence-electron chi connectivity index (χ3n) is 5.20. The lowest BCUT2D eigenvalue weighted by molar-refractivity contribution is -0.124. The number of aliphatic hydroxyl groups excluding tert-OH is 1. The van der Waals surface area contributed by atoms with Gasteiger partial charge < -0.3 is 19.9 Å². The van der Waals surface area contributed by atoms with Gasteiger partial charge in [-0.15, -0.1) is 0 Å². The van der Waals surface area contributed by atoms with Crippen LogP contribution in [0.5, 0.6) is 11.5 Å². The maximum absolute atomic E-state index is 14.0. The lowest BCUT2D eigenvalue weighted by Gasteiger charge is -2.22. The zero-order valence-electron chi connectivity index (χ0n) is 17.2. The van der Waals surface area contributed by atoms with Gasteiger partial charge in [-0.3, -0.25) is 9.69 Å². The minimum absolute atomic E-state index is 0.262. The van der Waals surface area contributed by atoms with E-state index < -0.39 is 29.7 Å². The molecule has 0 bridgehead atoms. The van der Waals surface area contributed by atoms with E-state index in [0.717, 1.165) is 11.6 Å². The summed E-state index contributed by atoms with van der Waals surface area (Å²) in [7, 11) is 1.70. The predicted molar refractivity (Wildman–Crippen MR) is 109 cm³/mol. The summed E-state index contributed by atoms with van der Waals surface area (Å²) in [6.07, 6.45) is -1.08. The SMILES string of the molecule is CCOc1ccc(C2CN(C)C(O)C2C(=O)Nc2cccc(F)c2F)cc1OCC. The van der Waals surface area contributed by atoms with Crippen LogP contribution in [0.15, 0.2) is 36.4 Å². The molecule has 3 unspecified atom stereocenters. The summed E-state index contributed by atoms with van der Waals surface area (Å²) in [4.78, 5) is 14.6. The third kappa shape index (κ3) is 4.39. The molecule has 3 atom stereocenters. The maximum atomic E-state index is 14.0. The van der Waals surface area contributed by atoms with Crippen LogP contribution in [-0.2, 0) is 4.79 Å². The topological polar surface area (TPSA) is 71.0 Å². The molecule has 0 spiro atoms. The zero-order valence-corrected chi connectivity index (χ0v) is 17.2. The standard InChI is InChI=1S/C22H26F2N2O4/c1-4-29-17-10-9-13(11-18(17)30-5-2)14-12-26(3)22(28)19(14)21(27)25-16-8-6-7-15(23)20(16)24/h6-11,14,19,22,28H,4-5,12H2,1-3H3,(H,25,27). The average Bonchev–Trinajstić information content (AvgIpc) is 3.02. The molecule has 0 radical (unpaired) electrons. The van der Waals surface area contributed by atoms with Crippen LogP contribution in [0.1, 0.15) is 25.3 Å². The average molecular weight is 420 g/mol. The van der Waals surface area contributed by atoms with Crippen LogP contribution in [0, 0.1) is 17.6 Å². The van der Waals surface area contributed by atoms with E-state index in [-0.39, 0.29) is 11.6 Å². The Hall–Kier alpha value is -2.71. The second-order valence-electron chi connectivity index (χ2n) is 7.15. The minimum Gasteiger partial charge on any atom is -0.490 e. The van der Waals surface area contributed by atoms with Crippen molar-refractivity contribution in [3.8, 4) is 11.5 Å². The number of anilines is 1. The van der Waals surface area contributed by atoms with Crippen molar-refractivity contribution in [1.29, 1.82) is 0 Å². The highest BCUT2D eigenvalue weighted by Gasteiger charge is 2.44. The lowest BCUT2D eigenvalue weighted by Crippen LogP contribution is -2.36. The molecule has 2 aromatic rings. The fourth-order valence-electron chi connectivity index (χ4n) is 3.76. The third-order valence-corrected chi connectivity index (χ3v) is 5.20. The van der Waals surface area contributed by atoms with Gasteiger partial charge in [0.05, 0.1) is 24.8 Å². The highest BCUT2D eigenvalue weighted by atomic mass is 19.2. The van der Waals surface area contributed by atoms with Gasteiger partial charge in [0.1, 0.15) is 6.23 Å². The molecule has 0 aromatic heterocycles. The van der Waals surface area contributed by atoms with Gasteiger partial charge in [0.25, 0.3) is 0 Å². The van der Waals surface area contributed by atoms with Crippen molar-refractivity contribution in [2.45, 2.75) is 26.0 Å². The quantitative estimate of drug-likeness (QED) is 0.719. The van der Waals surface area contributed by atoms with Crippen molar-refractivity contribution in [3.05, 3.63) is 53.6 Å². The summed E-state index contributed by atoms with van der Waals surface area (Å²) < 4.78 is 38.8. The number of amides is 1. The van der Waals surface area contributed by atoms with Gasteiger partial charge in [0, 0.05) is 12.5 Å². The van der Waals surface area contributed by atoms with Crippen LogP contribution >= 0.6 is 0 Å². The van der Waals surface area contributed by atoms with Gasteiger partial charge in [0.2, 0.25) is 5.91 Å². The number of nitrogens with zero attached hydrogens (tertiary/aromatic N) is 1. The van der Waals surface area contributed by atoms with E-state index in [1.165, 1.54) is 12.1 Å². The molecule has 162 valence electrons. The molecule has 1 aliphatic rings. The number of benzene rings is 2. The van der Waals surface area contributed by atoms with Gasteiger partial charge in [-0.2, -0.15) is 0 Å². The fourth-order valence-corrected chi connectivity index (χ4v) is 3.76. The molecular weight excluding hydrogens is 394 g/mol. The van der Waals surface area contributed by atoms with Gasteiger partial charge >= 0.3 is 0 Å². The number of aliphatic hydroxyl groups is 1. The van der Waals surface area contributed by atoms with E-state index in [1.807, 2.05) is 19.9 Å². The van der Waals surface area contributed by atoms with Crippen LogP contribution in [0.25, 0.3) is 0 Å². The molecule has 0 saturated carbocycles. The number of carbonyl (C=O) groups is 1. The number of hydrogen-bond donors (Lipinski definition) is 2. The molecule has 1 heterocycles. The molecule has 1 saturated heterocycles. The Morgan fingerprint density at radius 1 is 1.17 bits per heavy atom. The van der Waals surface area contributed by atoms with Crippen LogP contribution in [0.2, 0.25) is 0 Å². The van der Waals surface area contributed by atoms with E-state index in [9.17, 15) is 18.7 Å². The van der Waals surface area contributed by atoms with Crippen LogP contribution in [-0.4, -0.2) is 48.9 Å². The highest BCUT2D eigenvalue weighted by Crippen LogP contribution is 2.40. The van der Waals surface area contributed by atoms with Crippen LogP contribution in [0.4, 0.5) is 14.5 Å². The second kappa shape index (κ2) is 9.40. The second-order valence-corrected chi connectivity index (χ2v) is 7.15. The van der Waals surface area contributed by atoms with Crippen molar-refractivity contribution in [2.24, 2.45) is 5.92 Å². The number of nitrogens with one attached hydrogen (secondary N) is 1. The first-order valence-corrected chi connectivity index (χ1v) is 9.90. The van der Waals surface area contributed by atoms with Crippen molar-refractivity contribution in [3.63, 3.8) is 0 Å². The summed E-state index contributed by atoms with van der Waals surface area (Å²) in [5.74, 6) is -2.90. The van der Waals surface area contributed by atoms with Crippen molar-refractivity contribution < 1.29 is 28.2 Å². The summed E-state index contributed by atoms with van der Waals surface area (Å²) in [5.41, 5.74) is 0.521. The van der Waals surface area contributed by atoms with E-state index in [1.54, 1.807) is 24.1 Å². The van der Waals surface area contributed by atoms with Gasteiger partial charge in [0.15, 0.2) is 23.1 Å². The smallest absolute Gasteiger partial charge is 0.232 e. The molecular formula is C22H26F2N2O4. The molecule has 30 heavy (non-hydrogen) atoms. The normalized spacial score (nSPS) is 21.5. The predicted octanol–water partition coefficient (Wildman–Crippen LogP) is 3.36. The zero-order chi connectivity index (χ0) is 21.8. The molecule has 3 rings (SSSR count). The minimum atomic E-state index is -1.14. The molecule has 2 N–H and O–H groups in total. The number of hydrogen-bond acceptors (Lipinski definition) is 5. The number of likely N-dealkylation sites (tertiary alicyclic amines) is 1. The molecule has 2 aromatic carbocycles. The molecule has 1 aliphatic heterocycles. The highest BCUT2D eigenvalue weighted by molar-refractivity contribution is 5.94. The Labute approximate surface area is 174 Å². The molecule has 1 fully saturated rings. The van der Waals surface area contributed by atoms with E-state index in [0.29, 0.717) is 31.3 Å². The Bertz CT molecular complexity index is 909. The largest absolute Gasteiger partial charge is 0.490 e. The maximum Gasteiger partial charge on any atom is 0.232 e. The molecule has 1 amide bonds. The number of halogens is 2. The first kappa shape index (κ1) is 22.0. The van der Waals surface area contributed by atoms with E-state index >= 15 is 0 Å². The van der Waals surface area contributed by atoms with E-state index in [4.69, 9.17) is 9.47 Å². The molecule has 0 aliphatic carbocycles. The van der Waals surface area contributed by atoms with Crippen molar-refractivity contribution in [2.75, 3.05) is 32.1 Å². The van der Waals surface area contributed by atoms with E-state index in [2.05, 4.69) is 5.32 Å². The summed E-state index contributed by atoms with van der Waals surface area (Å²) >= 11 is 0. The summed E-state index contributed by atoms with van der Waals surface area (Å²) in [5, 5.41) is 13.0. The number of likely N-dealkylation sites (N-methyl/N-ethyl adjacent to an activating group) is 1. The Kier molecular flexibility index (Phi) is 6.89. The number of carbonyl (C=O) groups excluding carboxylic acids is 1. The number of ether oxygens (including phenoxy) is 2.